The van der Waals surface area contributed by atoms with E-state index in [1.807, 2.05) is 26.0 Å². The van der Waals surface area contributed by atoms with Crippen molar-refractivity contribution in [3.8, 4) is 11.4 Å². The van der Waals surface area contributed by atoms with E-state index >= 15 is 0 Å². The van der Waals surface area contributed by atoms with Gasteiger partial charge in [-0.2, -0.15) is 9.97 Å². The van der Waals surface area contributed by atoms with Gasteiger partial charge >= 0.3 is 6.09 Å². The molecule has 2 aromatic heterocycles. The summed E-state index contributed by atoms with van der Waals surface area (Å²) in [6.07, 6.45) is 3.41. The number of cyclic esters (lactones) is 1. The van der Waals surface area contributed by atoms with Gasteiger partial charge in [0.25, 0.3) is 0 Å². The normalized spacial score (nSPS) is 21.8. The molecule has 1 aliphatic heterocycles. The molecule has 0 bridgehead atoms. The van der Waals surface area contributed by atoms with Crippen molar-refractivity contribution in [1.82, 2.24) is 20.1 Å². The fourth-order valence-corrected chi connectivity index (χ4v) is 3.96. The highest BCUT2D eigenvalue weighted by Crippen LogP contribution is 2.47. The second-order valence-corrected chi connectivity index (χ2v) is 8.53. The summed E-state index contributed by atoms with van der Waals surface area (Å²) >= 11 is 5.93. The van der Waals surface area contributed by atoms with E-state index in [0.29, 0.717) is 41.0 Å². The number of aromatic nitrogens is 4. The van der Waals surface area contributed by atoms with Crippen molar-refractivity contribution in [3.05, 3.63) is 47.4 Å². The van der Waals surface area contributed by atoms with Gasteiger partial charge in [0.05, 0.1) is 5.54 Å². The van der Waals surface area contributed by atoms with Gasteiger partial charge in [-0.05, 0) is 62.9 Å². The molecule has 10 heteroatoms. The number of hydrogen-bond acceptors (Lipinski definition) is 8. The van der Waals surface area contributed by atoms with E-state index in [-0.39, 0.29) is 17.7 Å². The molecule has 1 aromatic carbocycles. The van der Waals surface area contributed by atoms with Crippen molar-refractivity contribution < 1.29 is 14.1 Å². The van der Waals surface area contributed by atoms with Crippen LogP contribution in [0.3, 0.4) is 0 Å². The van der Waals surface area contributed by atoms with Gasteiger partial charge in [-0.3, -0.25) is 4.90 Å². The number of ether oxygens (including phenoxy) is 1. The van der Waals surface area contributed by atoms with Crippen molar-refractivity contribution >= 4 is 29.5 Å². The average molecular weight is 441 g/mol. The van der Waals surface area contributed by atoms with Gasteiger partial charge in [0, 0.05) is 16.8 Å². The Morgan fingerprint density at radius 3 is 2.74 bits per heavy atom. The molecule has 2 fully saturated rings. The number of rotatable bonds is 6. The average Bonchev–Trinajstić information content (AvgIpc) is 3.43. The van der Waals surface area contributed by atoms with Gasteiger partial charge in [0.15, 0.2) is 0 Å². The number of carbonyl (C=O) groups is 1. The molecule has 2 aliphatic rings. The van der Waals surface area contributed by atoms with E-state index in [0.717, 1.165) is 18.4 Å². The Balaban J connectivity index is 1.34. The van der Waals surface area contributed by atoms with Crippen LogP contribution in [0.4, 0.5) is 16.6 Å². The third kappa shape index (κ3) is 3.69. The number of benzene rings is 1. The van der Waals surface area contributed by atoms with E-state index in [1.54, 1.807) is 29.3 Å². The van der Waals surface area contributed by atoms with Crippen LogP contribution in [0.15, 0.2) is 41.1 Å². The van der Waals surface area contributed by atoms with Gasteiger partial charge in [-0.15, -0.1) is 0 Å². The lowest BCUT2D eigenvalue weighted by atomic mass is 9.96. The second kappa shape index (κ2) is 7.49. The number of anilines is 2. The van der Waals surface area contributed by atoms with Crippen LogP contribution >= 0.6 is 11.6 Å². The molecule has 1 aliphatic carbocycles. The summed E-state index contributed by atoms with van der Waals surface area (Å²) in [6, 6.07) is 8.57. The number of hydrogen-bond donors (Lipinski definition) is 1. The molecule has 3 aromatic rings. The summed E-state index contributed by atoms with van der Waals surface area (Å²) in [5.41, 5.74) is 0.422. The molecule has 0 spiro atoms. The maximum Gasteiger partial charge on any atom is 0.416 e. The molecule has 3 heterocycles. The number of nitrogens with zero attached hydrogens (tertiary/aromatic N) is 5. The van der Waals surface area contributed by atoms with E-state index in [2.05, 4.69) is 25.4 Å². The lowest BCUT2D eigenvalue weighted by molar-refractivity contribution is 0.172. The highest BCUT2D eigenvalue weighted by Gasteiger charge is 2.54. The number of amides is 1. The van der Waals surface area contributed by atoms with Crippen molar-refractivity contribution in [2.45, 2.75) is 38.3 Å². The maximum absolute atomic E-state index is 12.4. The van der Waals surface area contributed by atoms with Crippen molar-refractivity contribution in [2.24, 2.45) is 5.92 Å². The van der Waals surface area contributed by atoms with E-state index in [9.17, 15) is 4.79 Å². The Morgan fingerprint density at radius 1 is 1.23 bits per heavy atom. The van der Waals surface area contributed by atoms with E-state index < -0.39 is 0 Å². The predicted octanol–water partition coefficient (Wildman–Crippen LogP) is 4.48. The fraction of sp³-hybridized carbons (Fsp3) is 0.381. The SMILES string of the molecule is C[C@H](Nc1nccc(N2C(=O)OCC2(C)C2CC2)n1)c1nc(-c2ccc(Cl)cc2)no1. The fourth-order valence-electron chi connectivity index (χ4n) is 3.83. The second-order valence-electron chi connectivity index (χ2n) is 8.09. The van der Waals surface area contributed by atoms with Crippen LogP contribution in [0.25, 0.3) is 11.4 Å². The summed E-state index contributed by atoms with van der Waals surface area (Å²) in [4.78, 5) is 27.3. The minimum atomic E-state index is -0.381. The minimum Gasteiger partial charge on any atom is -0.447 e. The molecule has 0 radical (unpaired) electrons. The van der Waals surface area contributed by atoms with Crippen LogP contribution in [0, 0.1) is 5.92 Å². The Bertz CT molecular complexity index is 1120. The zero-order valence-electron chi connectivity index (χ0n) is 17.1. The molecule has 1 saturated heterocycles. The summed E-state index contributed by atoms with van der Waals surface area (Å²) in [5.74, 6) is 2.15. The first kappa shape index (κ1) is 19.7. The largest absolute Gasteiger partial charge is 0.447 e. The molecule has 2 atom stereocenters. The van der Waals surface area contributed by atoms with Crippen molar-refractivity contribution in [1.29, 1.82) is 0 Å². The Kier molecular flexibility index (Phi) is 4.77. The van der Waals surface area contributed by atoms with E-state index in [4.69, 9.17) is 20.9 Å². The zero-order valence-corrected chi connectivity index (χ0v) is 17.8. The third-order valence-electron chi connectivity index (χ3n) is 5.77. The van der Waals surface area contributed by atoms with Crippen molar-refractivity contribution in [3.63, 3.8) is 0 Å². The molecular formula is C21H21ClN6O3. The first-order chi connectivity index (χ1) is 14.9. The molecule has 160 valence electrons. The van der Waals surface area contributed by atoms with Crippen LogP contribution in [-0.2, 0) is 4.74 Å². The van der Waals surface area contributed by atoms with Crippen molar-refractivity contribution in [2.75, 3.05) is 16.8 Å². The molecular weight excluding hydrogens is 420 g/mol. The Hall–Kier alpha value is -3.20. The standard InChI is InChI=1S/C21H21ClN6O3/c1-12(18-26-17(27-31-18)13-3-7-15(22)8-4-13)24-19-23-10-9-16(25-19)28-20(29)30-11-21(28,2)14-5-6-14/h3-4,7-10,12,14H,5-6,11H2,1-2H3,(H,23,24,25)/t12-,21?/m0/s1. The predicted molar refractivity (Wildman–Crippen MR) is 114 cm³/mol. The van der Waals surface area contributed by atoms with Gasteiger partial charge < -0.3 is 14.6 Å². The highest BCUT2D eigenvalue weighted by molar-refractivity contribution is 6.30. The number of halogens is 1. The Labute approximate surface area is 183 Å². The summed E-state index contributed by atoms with van der Waals surface area (Å²) < 4.78 is 10.8. The lowest BCUT2D eigenvalue weighted by Gasteiger charge is -2.31. The zero-order chi connectivity index (χ0) is 21.6. The molecule has 5 rings (SSSR count). The van der Waals surface area contributed by atoms with Crippen LogP contribution in [-0.4, -0.2) is 38.3 Å². The monoisotopic (exact) mass is 440 g/mol. The lowest BCUT2D eigenvalue weighted by Crippen LogP contribution is -2.47. The molecule has 1 saturated carbocycles. The smallest absolute Gasteiger partial charge is 0.416 e. The van der Waals surface area contributed by atoms with Crippen LogP contribution in [0.1, 0.15) is 38.6 Å². The molecule has 1 unspecified atom stereocenters. The molecule has 9 nitrogen and oxygen atoms in total. The maximum atomic E-state index is 12.4. The molecule has 31 heavy (non-hydrogen) atoms. The van der Waals surface area contributed by atoms with Gasteiger partial charge in [0.2, 0.25) is 17.7 Å². The topological polar surface area (TPSA) is 106 Å². The van der Waals surface area contributed by atoms with Crippen LogP contribution < -0.4 is 10.2 Å². The molecule has 1 N–H and O–H groups in total. The van der Waals surface area contributed by atoms with Gasteiger partial charge in [-0.1, -0.05) is 16.8 Å². The van der Waals surface area contributed by atoms with Crippen LogP contribution in [0.5, 0.6) is 0 Å². The highest BCUT2D eigenvalue weighted by atomic mass is 35.5. The first-order valence-corrected chi connectivity index (χ1v) is 10.5. The quantitative estimate of drug-likeness (QED) is 0.598. The summed E-state index contributed by atoms with van der Waals surface area (Å²) in [7, 11) is 0. The Morgan fingerprint density at radius 2 is 2.00 bits per heavy atom. The number of nitrogens with one attached hydrogen (secondary N) is 1. The van der Waals surface area contributed by atoms with E-state index in [1.165, 1.54) is 0 Å². The number of carbonyl (C=O) groups excluding carboxylic acids is 1. The summed E-state index contributed by atoms with van der Waals surface area (Å²) in [6.45, 7) is 4.28. The summed E-state index contributed by atoms with van der Waals surface area (Å²) in [5, 5.41) is 7.84. The van der Waals surface area contributed by atoms with Gasteiger partial charge in [-0.25, -0.2) is 9.78 Å². The third-order valence-corrected chi connectivity index (χ3v) is 6.02. The molecule has 1 amide bonds. The minimum absolute atomic E-state index is 0.343. The first-order valence-electron chi connectivity index (χ1n) is 10.1. The van der Waals surface area contributed by atoms with Crippen LogP contribution in [0.2, 0.25) is 5.02 Å². The van der Waals surface area contributed by atoms with Gasteiger partial charge in [0.1, 0.15) is 18.5 Å².